The van der Waals surface area contributed by atoms with Gasteiger partial charge in [0, 0.05) is 37.4 Å². The molecule has 1 fully saturated rings. The summed E-state index contributed by atoms with van der Waals surface area (Å²) in [7, 11) is -2.44. The molecule has 3 aromatic carbocycles. The number of aryl methyl sites for hydroxylation is 1. The van der Waals surface area contributed by atoms with Gasteiger partial charge in [-0.05, 0) is 67.4 Å². The van der Waals surface area contributed by atoms with Crippen molar-refractivity contribution < 1.29 is 27.5 Å². The fourth-order valence-corrected chi connectivity index (χ4v) is 5.56. The third kappa shape index (κ3) is 8.78. The van der Waals surface area contributed by atoms with Crippen molar-refractivity contribution >= 4 is 33.2 Å². The minimum Gasteiger partial charge on any atom is -0.497 e. The van der Waals surface area contributed by atoms with E-state index in [-0.39, 0.29) is 23.6 Å². The monoisotopic (exact) mass is 580 g/mol. The van der Waals surface area contributed by atoms with Crippen molar-refractivity contribution in [1.29, 1.82) is 0 Å². The van der Waals surface area contributed by atoms with Gasteiger partial charge in [0.1, 0.15) is 11.8 Å². The average Bonchev–Trinajstić information content (AvgIpc) is 2.99. The highest BCUT2D eigenvalue weighted by atomic mass is 32.2. The van der Waals surface area contributed by atoms with Crippen LogP contribution in [0.3, 0.4) is 0 Å². The Balaban J connectivity index is 1.41. The number of carbonyl (C=O) groups is 2. The first-order valence-electron chi connectivity index (χ1n) is 13.5. The molecular formula is C30H36N4O6S. The van der Waals surface area contributed by atoms with Gasteiger partial charge in [-0.25, -0.2) is 8.42 Å². The molecule has 3 aromatic rings. The fraction of sp³-hybridized carbons (Fsp3) is 0.333. The lowest BCUT2D eigenvalue weighted by atomic mass is 10.1. The minimum atomic E-state index is -4.02. The predicted octanol–water partition coefficient (Wildman–Crippen LogP) is 3.22. The Bertz CT molecular complexity index is 1400. The van der Waals surface area contributed by atoms with Gasteiger partial charge in [0.05, 0.1) is 25.2 Å². The normalized spacial score (nSPS) is 14.2. The van der Waals surface area contributed by atoms with Crippen molar-refractivity contribution in [2.24, 2.45) is 0 Å². The lowest BCUT2D eigenvalue weighted by Gasteiger charge is -2.29. The van der Waals surface area contributed by atoms with Gasteiger partial charge >= 0.3 is 0 Å². The molecule has 0 saturated carbocycles. The molecule has 11 heteroatoms. The first-order valence-corrected chi connectivity index (χ1v) is 14.9. The lowest BCUT2D eigenvalue weighted by molar-refractivity contribution is -0.122. The van der Waals surface area contributed by atoms with E-state index in [1.807, 2.05) is 31.2 Å². The molecule has 218 valence electrons. The van der Waals surface area contributed by atoms with Crippen LogP contribution in [0.2, 0.25) is 0 Å². The van der Waals surface area contributed by atoms with E-state index in [0.717, 1.165) is 29.9 Å². The van der Waals surface area contributed by atoms with Gasteiger partial charge in [-0.3, -0.25) is 9.59 Å². The quantitative estimate of drug-likeness (QED) is 0.300. The van der Waals surface area contributed by atoms with Gasteiger partial charge in [-0.15, -0.1) is 0 Å². The van der Waals surface area contributed by atoms with Crippen molar-refractivity contribution in [3.05, 3.63) is 83.9 Å². The SMILES string of the molecule is COc1ccc(CNC(=O)CCC(NS(=O)(=O)c2ccc(C)cc2)C(=O)Nc2ccc(N3CCOCC3)cc2)cc1. The molecule has 0 aromatic heterocycles. The molecule has 0 bridgehead atoms. The van der Waals surface area contributed by atoms with E-state index in [9.17, 15) is 18.0 Å². The van der Waals surface area contributed by atoms with E-state index >= 15 is 0 Å². The first kappa shape index (κ1) is 30.0. The summed E-state index contributed by atoms with van der Waals surface area (Å²) in [6, 6.07) is 19.8. The van der Waals surface area contributed by atoms with E-state index in [0.29, 0.717) is 31.2 Å². The van der Waals surface area contributed by atoms with Crippen LogP contribution in [0.4, 0.5) is 11.4 Å². The number of nitrogens with zero attached hydrogens (tertiary/aromatic N) is 1. The topological polar surface area (TPSA) is 126 Å². The molecule has 0 aliphatic carbocycles. The van der Waals surface area contributed by atoms with Gasteiger partial charge in [-0.1, -0.05) is 29.8 Å². The van der Waals surface area contributed by atoms with Gasteiger partial charge < -0.3 is 25.0 Å². The second kappa shape index (κ2) is 14.1. The molecule has 0 spiro atoms. The number of sulfonamides is 1. The highest BCUT2D eigenvalue weighted by Gasteiger charge is 2.27. The summed E-state index contributed by atoms with van der Waals surface area (Å²) >= 11 is 0. The molecular weight excluding hydrogens is 544 g/mol. The van der Waals surface area contributed by atoms with Crippen LogP contribution in [0.15, 0.2) is 77.7 Å². The van der Waals surface area contributed by atoms with E-state index in [1.54, 1.807) is 43.5 Å². The third-order valence-electron chi connectivity index (χ3n) is 6.77. The number of morpholine rings is 1. The molecule has 4 rings (SSSR count). The summed E-state index contributed by atoms with van der Waals surface area (Å²) in [6.45, 7) is 5.05. The predicted molar refractivity (Wildman–Crippen MR) is 157 cm³/mol. The van der Waals surface area contributed by atoms with E-state index in [1.165, 1.54) is 12.1 Å². The molecule has 10 nitrogen and oxygen atoms in total. The van der Waals surface area contributed by atoms with Crippen LogP contribution in [0.5, 0.6) is 5.75 Å². The Hall–Kier alpha value is -3.93. The highest BCUT2D eigenvalue weighted by molar-refractivity contribution is 7.89. The molecule has 1 aliphatic rings. The van der Waals surface area contributed by atoms with Crippen molar-refractivity contribution in [3.63, 3.8) is 0 Å². The lowest BCUT2D eigenvalue weighted by Crippen LogP contribution is -2.44. The van der Waals surface area contributed by atoms with Gasteiger partial charge in [0.15, 0.2) is 0 Å². The number of ether oxygens (including phenoxy) is 2. The number of amides is 2. The second-order valence-electron chi connectivity index (χ2n) is 9.79. The number of methoxy groups -OCH3 is 1. The standard InChI is InChI=1S/C30H36N4O6S/c1-22-3-13-27(14-4-22)41(37,38)33-28(15-16-29(35)31-21-23-5-11-26(39-2)12-6-23)30(36)32-24-7-9-25(10-8-24)34-17-19-40-20-18-34/h3-14,28,33H,15-21H2,1-2H3,(H,31,35)(H,32,36). The number of rotatable bonds is 12. The fourth-order valence-electron chi connectivity index (χ4n) is 4.33. The van der Waals surface area contributed by atoms with Crippen LogP contribution in [-0.2, 0) is 30.9 Å². The van der Waals surface area contributed by atoms with Crippen molar-refractivity contribution in [2.45, 2.75) is 37.2 Å². The van der Waals surface area contributed by atoms with Crippen LogP contribution in [-0.4, -0.2) is 59.7 Å². The molecule has 2 amide bonds. The largest absolute Gasteiger partial charge is 0.497 e. The van der Waals surface area contributed by atoms with Crippen LogP contribution in [0, 0.1) is 6.92 Å². The number of hydrogen-bond donors (Lipinski definition) is 3. The number of benzene rings is 3. The number of nitrogens with one attached hydrogen (secondary N) is 3. The second-order valence-corrected chi connectivity index (χ2v) is 11.5. The zero-order valence-corrected chi connectivity index (χ0v) is 24.1. The van der Waals surface area contributed by atoms with Crippen LogP contribution in [0.1, 0.15) is 24.0 Å². The summed E-state index contributed by atoms with van der Waals surface area (Å²) in [6.07, 6.45) is -0.0855. The molecule has 1 unspecified atom stereocenters. The Labute approximate surface area is 241 Å². The summed E-state index contributed by atoms with van der Waals surface area (Å²) in [5, 5.41) is 5.61. The third-order valence-corrected chi connectivity index (χ3v) is 8.25. The first-order chi connectivity index (χ1) is 19.7. The number of hydrogen-bond acceptors (Lipinski definition) is 7. The maximum Gasteiger partial charge on any atom is 0.242 e. The zero-order chi connectivity index (χ0) is 29.2. The Kier molecular flexibility index (Phi) is 10.3. The van der Waals surface area contributed by atoms with E-state index in [2.05, 4.69) is 20.3 Å². The molecule has 0 radical (unpaired) electrons. The van der Waals surface area contributed by atoms with E-state index in [4.69, 9.17) is 9.47 Å². The smallest absolute Gasteiger partial charge is 0.242 e. The molecule has 1 aliphatic heterocycles. The summed E-state index contributed by atoms with van der Waals surface area (Å²) in [5.41, 5.74) is 3.33. The molecule has 41 heavy (non-hydrogen) atoms. The minimum absolute atomic E-state index is 0.0305. The Morgan fingerprint density at radius 3 is 2.24 bits per heavy atom. The molecule has 1 heterocycles. The summed E-state index contributed by atoms with van der Waals surface area (Å²) in [4.78, 5) is 28.2. The molecule has 1 saturated heterocycles. The van der Waals surface area contributed by atoms with E-state index < -0.39 is 22.0 Å². The highest BCUT2D eigenvalue weighted by Crippen LogP contribution is 2.20. The number of anilines is 2. The molecule has 1 atom stereocenters. The van der Waals surface area contributed by atoms with Crippen LogP contribution >= 0.6 is 0 Å². The van der Waals surface area contributed by atoms with Gasteiger partial charge in [0.2, 0.25) is 21.8 Å². The summed E-state index contributed by atoms with van der Waals surface area (Å²) < 4.78 is 39.3. The van der Waals surface area contributed by atoms with Crippen molar-refractivity contribution in [2.75, 3.05) is 43.6 Å². The van der Waals surface area contributed by atoms with Crippen molar-refractivity contribution in [3.8, 4) is 5.75 Å². The Morgan fingerprint density at radius 2 is 1.61 bits per heavy atom. The van der Waals surface area contributed by atoms with Crippen LogP contribution < -0.4 is 25.0 Å². The average molecular weight is 581 g/mol. The maximum atomic E-state index is 13.3. The summed E-state index contributed by atoms with van der Waals surface area (Å²) in [5.74, 6) is -0.142. The Morgan fingerprint density at radius 1 is 0.951 bits per heavy atom. The number of carbonyl (C=O) groups excluding carboxylic acids is 2. The van der Waals surface area contributed by atoms with Crippen molar-refractivity contribution in [1.82, 2.24) is 10.0 Å². The maximum absolute atomic E-state index is 13.3. The zero-order valence-electron chi connectivity index (χ0n) is 23.3. The van der Waals surface area contributed by atoms with Gasteiger partial charge in [-0.2, -0.15) is 4.72 Å². The molecule has 3 N–H and O–H groups in total. The van der Waals surface area contributed by atoms with Crippen LogP contribution in [0.25, 0.3) is 0 Å². The van der Waals surface area contributed by atoms with Gasteiger partial charge in [0.25, 0.3) is 0 Å².